The van der Waals surface area contributed by atoms with Crippen LogP contribution in [0.4, 0.5) is 5.69 Å². The molecule has 24 heavy (non-hydrogen) atoms. The van der Waals surface area contributed by atoms with Gasteiger partial charge >= 0.3 is 5.69 Å². The summed E-state index contributed by atoms with van der Waals surface area (Å²) in [4.78, 5) is 36.6. The van der Waals surface area contributed by atoms with Crippen LogP contribution < -0.4 is 5.69 Å². The fourth-order valence-electron chi connectivity index (χ4n) is 2.91. The molecule has 2 heterocycles. The van der Waals surface area contributed by atoms with E-state index in [1.165, 1.54) is 28.9 Å². The third-order valence-electron chi connectivity index (χ3n) is 4.41. The quantitative estimate of drug-likeness (QED) is 0.609. The Morgan fingerprint density at radius 2 is 1.92 bits per heavy atom. The number of nitro groups is 1. The fraction of sp³-hybridized carbons (Fsp3) is 0.400. The van der Waals surface area contributed by atoms with Gasteiger partial charge in [0.1, 0.15) is 0 Å². The number of amides is 1. The van der Waals surface area contributed by atoms with Crippen LogP contribution in [0.15, 0.2) is 29.1 Å². The van der Waals surface area contributed by atoms with Gasteiger partial charge in [0.15, 0.2) is 5.82 Å². The maximum absolute atomic E-state index is 12.5. The number of non-ortho nitro benzene ring substituents is 1. The number of hydrogen-bond donors (Lipinski definition) is 0. The highest BCUT2D eigenvalue weighted by Crippen LogP contribution is 2.31. The van der Waals surface area contributed by atoms with Crippen LogP contribution in [0.3, 0.4) is 0 Å². The third-order valence-corrected chi connectivity index (χ3v) is 4.41. The van der Waals surface area contributed by atoms with Crippen molar-refractivity contribution in [1.29, 1.82) is 0 Å². The summed E-state index contributed by atoms with van der Waals surface area (Å²) in [5.74, 6) is 0.817. The van der Waals surface area contributed by atoms with Crippen molar-refractivity contribution in [2.24, 2.45) is 5.92 Å². The zero-order valence-electron chi connectivity index (χ0n) is 12.8. The lowest BCUT2D eigenvalue weighted by molar-refractivity contribution is -0.384. The number of hydrogen-bond acceptors (Lipinski definition) is 5. The van der Waals surface area contributed by atoms with Crippen molar-refractivity contribution in [3.63, 3.8) is 0 Å². The molecule has 1 fully saturated rings. The SMILES string of the molecule is O=C(C1CC1)N1CCn2c(nn(-c3ccc([N+](=O)[O-])cc3)c2=O)C1. The maximum atomic E-state index is 12.5. The molecular formula is C15H15N5O4. The van der Waals surface area contributed by atoms with Gasteiger partial charge in [0.05, 0.1) is 17.2 Å². The summed E-state index contributed by atoms with van der Waals surface area (Å²) >= 11 is 0. The molecule has 0 unspecified atom stereocenters. The Morgan fingerprint density at radius 3 is 2.54 bits per heavy atom. The van der Waals surface area contributed by atoms with Crippen LogP contribution >= 0.6 is 0 Å². The van der Waals surface area contributed by atoms with E-state index in [0.29, 0.717) is 31.1 Å². The summed E-state index contributed by atoms with van der Waals surface area (Å²) in [5, 5.41) is 15.0. The molecule has 1 aliphatic carbocycles. The normalized spacial score (nSPS) is 16.8. The molecule has 0 spiro atoms. The molecule has 0 N–H and O–H groups in total. The molecule has 9 nitrogen and oxygen atoms in total. The van der Waals surface area contributed by atoms with Crippen LogP contribution in [0, 0.1) is 16.0 Å². The van der Waals surface area contributed by atoms with E-state index >= 15 is 0 Å². The molecule has 0 saturated heterocycles. The van der Waals surface area contributed by atoms with Gasteiger partial charge in [0.25, 0.3) is 5.69 Å². The largest absolute Gasteiger partial charge is 0.350 e. The predicted octanol–water partition coefficient (Wildman–Crippen LogP) is 0.694. The maximum Gasteiger partial charge on any atom is 0.350 e. The molecule has 4 rings (SSSR count). The summed E-state index contributed by atoms with van der Waals surface area (Å²) in [6.45, 7) is 1.25. The van der Waals surface area contributed by atoms with Crippen LogP contribution in [-0.2, 0) is 17.9 Å². The number of rotatable bonds is 3. The van der Waals surface area contributed by atoms with E-state index in [9.17, 15) is 19.7 Å². The van der Waals surface area contributed by atoms with E-state index in [0.717, 1.165) is 12.8 Å². The second kappa shape index (κ2) is 5.29. The van der Waals surface area contributed by atoms with Crippen LogP contribution in [0.1, 0.15) is 18.7 Å². The Kier molecular flexibility index (Phi) is 3.22. The molecule has 2 aliphatic rings. The van der Waals surface area contributed by atoms with Crippen molar-refractivity contribution in [2.75, 3.05) is 6.54 Å². The van der Waals surface area contributed by atoms with Gasteiger partial charge in [0.2, 0.25) is 5.91 Å². The number of carbonyl (C=O) groups is 1. The molecule has 124 valence electrons. The van der Waals surface area contributed by atoms with E-state index in [2.05, 4.69) is 5.10 Å². The molecule has 2 aromatic rings. The summed E-state index contributed by atoms with van der Waals surface area (Å²) in [6, 6.07) is 5.66. The topological polar surface area (TPSA) is 103 Å². The van der Waals surface area contributed by atoms with Crippen LogP contribution in [0.25, 0.3) is 5.69 Å². The minimum atomic E-state index is -0.494. The monoisotopic (exact) mass is 329 g/mol. The van der Waals surface area contributed by atoms with Gasteiger partial charge in [-0.25, -0.2) is 4.79 Å². The first-order valence-electron chi connectivity index (χ1n) is 7.77. The average Bonchev–Trinajstić information content (AvgIpc) is 3.39. The highest BCUT2D eigenvalue weighted by atomic mass is 16.6. The van der Waals surface area contributed by atoms with Crippen molar-refractivity contribution in [1.82, 2.24) is 19.2 Å². The second-order valence-electron chi connectivity index (χ2n) is 6.07. The molecule has 0 atom stereocenters. The first-order chi connectivity index (χ1) is 11.5. The van der Waals surface area contributed by atoms with Crippen molar-refractivity contribution in [3.05, 3.63) is 50.7 Å². The molecule has 1 aromatic heterocycles. The lowest BCUT2D eigenvalue weighted by atomic mass is 10.3. The number of aromatic nitrogens is 3. The van der Waals surface area contributed by atoms with Gasteiger partial charge in [-0.1, -0.05) is 0 Å². The fourth-order valence-corrected chi connectivity index (χ4v) is 2.91. The number of nitro benzene ring substituents is 1. The number of nitrogens with zero attached hydrogens (tertiary/aromatic N) is 5. The van der Waals surface area contributed by atoms with E-state index in [1.54, 1.807) is 9.47 Å². The Hall–Kier alpha value is -2.97. The van der Waals surface area contributed by atoms with Crippen molar-refractivity contribution in [3.8, 4) is 5.69 Å². The molecular weight excluding hydrogens is 314 g/mol. The first-order valence-corrected chi connectivity index (χ1v) is 7.77. The first kappa shape index (κ1) is 14.6. The number of carbonyl (C=O) groups excluding carboxylic acids is 1. The van der Waals surface area contributed by atoms with Gasteiger partial charge < -0.3 is 4.90 Å². The lowest BCUT2D eigenvalue weighted by Crippen LogP contribution is -2.41. The Morgan fingerprint density at radius 1 is 1.21 bits per heavy atom. The van der Waals surface area contributed by atoms with E-state index in [4.69, 9.17) is 0 Å². The second-order valence-corrected chi connectivity index (χ2v) is 6.07. The summed E-state index contributed by atoms with van der Waals surface area (Å²) < 4.78 is 2.78. The van der Waals surface area contributed by atoms with Gasteiger partial charge in [0, 0.05) is 31.1 Å². The number of benzene rings is 1. The standard InChI is InChI=1S/C15H15N5O4/c21-14(10-1-2-10)17-7-8-18-13(9-17)16-19(15(18)22)11-3-5-12(6-4-11)20(23)24/h3-6,10H,1-2,7-9H2. The highest BCUT2D eigenvalue weighted by Gasteiger charge is 2.35. The van der Waals surface area contributed by atoms with Crippen molar-refractivity contribution >= 4 is 11.6 Å². The average molecular weight is 329 g/mol. The Labute approximate surface area is 136 Å². The van der Waals surface area contributed by atoms with Gasteiger partial charge in [-0.05, 0) is 25.0 Å². The van der Waals surface area contributed by atoms with Crippen molar-refractivity contribution < 1.29 is 9.72 Å². The summed E-state index contributed by atoms with van der Waals surface area (Å²) in [7, 11) is 0. The van der Waals surface area contributed by atoms with Crippen molar-refractivity contribution in [2.45, 2.75) is 25.9 Å². The highest BCUT2D eigenvalue weighted by molar-refractivity contribution is 5.81. The minimum absolute atomic E-state index is 0.0445. The van der Waals surface area contributed by atoms with Crippen LogP contribution in [0.2, 0.25) is 0 Å². The molecule has 9 heteroatoms. The van der Waals surface area contributed by atoms with Gasteiger partial charge in [-0.3, -0.25) is 19.5 Å². The molecule has 1 saturated carbocycles. The van der Waals surface area contributed by atoms with Gasteiger partial charge in [-0.2, -0.15) is 4.68 Å². The van der Waals surface area contributed by atoms with E-state index in [-0.39, 0.29) is 23.2 Å². The Balaban J connectivity index is 1.64. The molecule has 1 aliphatic heterocycles. The summed E-state index contributed by atoms with van der Waals surface area (Å²) in [5.41, 5.74) is 0.127. The molecule has 1 aromatic carbocycles. The Bertz CT molecular complexity index is 878. The zero-order valence-corrected chi connectivity index (χ0v) is 12.8. The summed E-state index contributed by atoms with van der Waals surface area (Å²) in [6.07, 6.45) is 1.89. The zero-order chi connectivity index (χ0) is 16.8. The lowest BCUT2D eigenvalue weighted by Gasteiger charge is -2.26. The smallest absolute Gasteiger partial charge is 0.333 e. The van der Waals surface area contributed by atoms with E-state index in [1.807, 2.05) is 0 Å². The van der Waals surface area contributed by atoms with E-state index < -0.39 is 4.92 Å². The molecule has 0 radical (unpaired) electrons. The minimum Gasteiger partial charge on any atom is -0.333 e. The predicted molar refractivity (Wildman–Crippen MR) is 82.6 cm³/mol. The third kappa shape index (κ3) is 2.38. The number of fused-ring (bicyclic) bond motifs is 1. The van der Waals surface area contributed by atoms with Crippen LogP contribution in [0.5, 0.6) is 0 Å². The van der Waals surface area contributed by atoms with Gasteiger partial charge in [-0.15, -0.1) is 5.10 Å². The molecule has 0 bridgehead atoms. The van der Waals surface area contributed by atoms with Crippen LogP contribution in [-0.4, -0.2) is 36.6 Å². The molecule has 1 amide bonds.